The average Bonchev–Trinajstić information content (AvgIpc) is 2.91. The Morgan fingerprint density at radius 2 is 2.20 bits per heavy atom. The van der Waals surface area contributed by atoms with Gasteiger partial charge in [0, 0.05) is 31.1 Å². The molecule has 1 spiro atoms. The molecule has 0 amide bonds. The third kappa shape index (κ3) is 1.74. The minimum Gasteiger partial charge on any atom is -0.504 e. The molecule has 5 nitrogen and oxygen atoms in total. The number of carbonyl (C=O) groups is 1. The molecule has 1 aromatic rings. The Balaban J connectivity index is 0.00000157. The Bertz CT molecular complexity index is 781. The maximum absolute atomic E-state index is 12.6. The number of aliphatic hydroxyl groups is 1. The molecule has 0 unspecified atom stereocenters. The summed E-state index contributed by atoms with van der Waals surface area (Å²) in [6.45, 7) is 5.36. The summed E-state index contributed by atoms with van der Waals surface area (Å²) in [7, 11) is 0. The Kier molecular flexibility index (Phi) is 3.53. The number of phenolic OH excluding ortho intramolecular Hbond substituents is 1. The van der Waals surface area contributed by atoms with E-state index in [9.17, 15) is 15.0 Å². The fraction of sp³-hybridized carbons (Fsp3) is 0.526. The standard InChI is InChI=1S/C19H21NO4.ClH/c1-2-8-20-9-7-18-15-11-3-4-12(21)16(15)24-17(18)13(22)5-6-19(18,23)14(20)10-11;/h2-4,14,17,21,23H,1,5-10H2;1H/t14-,17+,18+,19-;/m0./s1. The van der Waals surface area contributed by atoms with Gasteiger partial charge in [0.25, 0.3) is 0 Å². The Hall–Kier alpha value is -1.56. The minimum absolute atomic E-state index is 0. The van der Waals surface area contributed by atoms with Crippen LogP contribution in [0.3, 0.4) is 0 Å². The van der Waals surface area contributed by atoms with E-state index in [1.54, 1.807) is 6.07 Å². The Morgan fingerprint density at radius 3 is 2.96 bits per heavy atom. The zero-order chi connectivity index (χ0) is 16.7. The van der Waals surface area contributed by atoms with Crippen molar-refractivity contribution in [1.82, 2.24) is 4.90 Å². The first-order valence-electron chi connectivity index (χ1n) is 8.65. The number of Topliss-reactive ketones (excluding diaryl/α,β-unsaturated/α-hetero) is 1. The largest absolute Gasteiger partial charge is 0.504 e. The molecule has 2 N–H and O–H groups in total. The highest BCUT2D eigenvalue weighted by Crippen LogP contribution is 2.64. The lowest BCUT2D eigenvalue weighted by Gasteiger charge is -2.62. The van der Waals surface area contributed by atoms with Crippen LogP contribution < -0.4 is 4.74 Å². The van der Waals surface area contributed by atoms with Gasteiger partial charge in [0.1, 0.15) is 0 Å². The molecule has 2 fully saturated rings. The lowest BCUT2D eigenvalue weighted by atomic mass is 9.49. The van der Waals surface area contributed by atoms with Gasteiger partial charge in [-0.2, -0.15) is 0 Å². The highest BCUT2D eigenvalue weighted by Gasteiger charge is 2.72. The topological polar surface area (TPSA) is 70.0 Å². The second-order valence-corrected chi connectivity index (χ2v) is 7.56. The van der Waals surface area contributed by atoms with E-state index < -0.39 is 17.1 Å². The monoisotopic (exact) mass is 363 g/mol. The molecule has 1 aromatic carbocycles. The van der Waals surface area contributed by atoms with Crippen molar-refractivity contribution in [2.24, 2.45) is 0 Å². The van der Waals surface area contributed by atoms with Gasteiger partial charge in [0.15, 0.2) is 23.4 Å². The van der Waals surface area contributed by atoms with E-state index >= 15 is 0 Å². The van der Waals surface area contributed by atoms with E-state index in [0.29, 0.717) is 31.4 Å². The van der Waals surface area contributed by atoms with Crippen molar-refractivity contribution in [3.05, 3.63) is 35.9 Å². The number of carbonyl (C=O) groups excluding carboxylic acids is 1. The lowest BCUT2D eigenvalue weighted by Crippen LogP contribution is -2.76. The SMILES string of the molecule is C=CCN1CC[C@@]23c4c5ccc(O)c4O[C@@H]2C(=O)CC[C@]3(O)[C@@H]1C5.Cl. The van der Waals surface area contributed by atoms with Gasteiger partial charge in [-0.25, -0.2) is 0 Å². The van der Waals surface area contributed by atoms with Crippen molar-refractivity contribution in [2.45, 2.75) is 48.8 Å². The molecule has 2 bridgehead atoms. The number of hydrogen-bond donors (Lipinski definition) is 2. The second-order valence-electron chi connectivity index (χ2n) is 7.56. The van der Waals surface area contributed by atoms with E-state index in [-0.39, 0.29) is 30.0 Å². The van der Waals surface area contributed by atoms with Crippen LogP contribution in [0, 0.1) is 0 Å². The second kappa shape index (κ2) is 5.22. The predicted molar refractivity (Wildman–Crippen MR) is 94.5 cm³/mol. The summed E-state index contributed by atoms with van der Waals surface area (Å²) in [6, 6.07) is 3.52. The van der Waals surface area contributed by atoms with Gasteiger partial charge in [-0.15, -0.1) is 19.0 Å². The molecule has 25 heavy (non-hydrogen) atoms. The predicted octanol–water partition coefficient (Wildman–Crippen LogP) is 1.72. The number of halogens is 1. The number of piperidine rings is 1. The molecule has 1 saturated heterocycles. The fourth-order valence-electron chi connectivity index (χ4n) is 5.80. The van der Waals surface area contributed by atoms with Gasteiger partial charge < -0.3 is 14.9 Å². The molecule has 2 heterocycles. The smallest absolute Gasteiger partial charge is 0.174 e. The number of nitrogens with zero attached hydrogens (tertiary/aromatic N) is 1. The molecule has 5 rings (SSSR count). The van der Waals surface area contributed by atoms with E-state index in [0.717, 1.165) is 24.2 Å². The fourth-order valence-corrected chi connectivity index (χ4v) is 5.80. The first-order chi connectivity index (χ1) is 11.5. The van der Waals surface area contributed by atoms with Crippen molar-refractivity contribution in [3.63, 3.8) is 0 Å². The van der Waals surface area contributed by atoms with Crippen molar-refractivity contribution in [2.75, 3.05) is 13.1 Å². The molecule has 1 saturated carbocycles. The van der Waals surface area contributed by atoms with Crippen LogP contribution in [0.15, 0.2) is 24.8 Å². The van der Waals surface area contributed by atoms with Crippen LogP contribution in [0.1, 0.15) is 30.4 Å². The maximum atomic E-state index is 12.6. The number of rotatable bonds is 2. The Morgan fingerprint density at radius 1 is 1.40 bits per heavy atom. The van der Waals surface area contributed by atoms with Gasteiger partial charge >= 0.3 is 0 Å². The van der Waals surface area contributed by atoms with Crippen LogP contribution in [0.2, 0.25) is 0 Å². The van der Waals surface area contributed by atoms with E-state index in [2.05, 4.69) is 11.5 Å². The van der Waals surface area contributed by atoms with Crippen molar-refractivity contribution in [1.29, 1.82) is 0 Å². The van der Waals surface area contributed by atoms with E-state index in [4.69, 9.17) is 4.74 Å². The molecule has 4 aliphatic rings. The van der Waals surface area contributed by atoms with Gasteiger partial charge in [0.05, 0.1) is 11.0 Å². The summed E-state index contributed by atoms with van der Waals surface area (Å²) in [6.07, 6.45) is 3.35. The quantitative estimate of drug-likeness (QED) is 0.783. The number of ether oxygens (including phenoxy) is 1. The molecular weight excluding hydrogens is 342 g/mol. The summed E-state index contributed by atoms with van der Waals surface area (Å²) in [5.41, 5.74) is 0.256. The number of hydrogen-bond acceptors (Lipinski definition) is 5. The zero-order valence-corrected chi connectivity index (χ0v) is 14.7. The molecule has 134 valence electrons. The number of phenols is 1. The summed E-state index contributed by atoms with van der Waals surface area (Å²) in [5, 5.41) is 22.1. The van der Waals surface area contributed by atoms with E-state index in [1.165, 1.54) is 0 Å². The first-order valence-corrected chi connectivity index (χ1v) is 8.65. The first kappa shape index (κ1) is 16.9. The summed E-state index contributed by atoms with van der Waals surface area (Å²) >= 11 is 0. The highest BCUT2D eigenvalue weighted by molar-refractivity contribution is 5.90. The summed E-state index contributed by atoms with van der Waals surface area (Å²) < 4.78 is 5.98. The Labute approximate surface area is 152 Å². The van der Waals surface area contributed by atoms with Crippen LogP contribution in [0.5, 0.6) is 11.5 Å². The third-order valence-electron chi connectivity index (χ3n) is 6.73. The summed E-state index contributed by atoms with van der Waals surface area (Å²) in [5.74, 6) is 0.528. The highest BCUT2D eigenvalue weighted by atomic mass is 35.5. The number of ketones is 1. The van der Waals surface area contributed by atoms with E-state index in [1.807, 2.05) is 12.1 Å². The van der Waals surface area contributed by atoms with Crippen molar-refractivity contribution >= 4 is 18.2 Å². The van der Waals surface area contributed by atoms with Crippen molar-refractivity contribution in [3.8, 4) is 11.5 Å². The van der Waals surface area contributed by atoms with Crippen LogP contribution in [0.25, 0.3) is 0 Å². The van der Waals surface area contributed by atoms with Crippen LogP contribution >= 0.6 is 12.4 Å². The van der Waals surface area contributed by atoms with Crippen LogP contribution in [-0.2, 0) is 16.6 Å². The van der Waals surface area contributed by atoms with Crippen LogP contribution in [0.4, 0.5) is 0 Å². The number of likely N-dealkylation sites (tertiary alicyclic amines) is 1. The third-order valence-corrected chi connectivity index (χ3v) is 6.73. The van der Waals surface area contributed by atoms with Gasteiger partial charge in [-0.1, -0.05) is 12.1 Å². The molecule has 0 aromatic heterocycles. The zero-order valence-electron chi connectivity index (χ0n) is 13.9. The van der Waals surface area contributed by atoms with Crippen molar-refractivity contribution < 1.29 is 19.7 Å². The molecule has 6 heteroatoms. The number of aromatic hydroxyl groups is 1. The normalized spacial score (nSPS) is 37.7. The lowest BCUT2D eigenvalue weighted by molar-refractivity contribution is -0.187. The van der Waals surface area contributed by atoms with Gasteiger partial charge in [-0.05, 0) is 30.9 Å². The molecular formula is C19H22ClNO4. The average molecular weight is 364 g/mol. The van der Waals surface area contributed by atoms with Gasteiger partial charge in [-0.3, -0.25) is 9.69 Å². The van der Waals surface area contributed by atoms with Crippen LogP contribution in [-0.4, -0.2) is 51.7 Å². The molecule has 2 aliphatic carbocycles. The maximum Gasteiger partial charge on any atom is 0.174 e. The van der Waals surface area contributed by atoms with Gasteiger partial charge in [0.2, 0.25) is 0 Å². The molecule has 4 atom stereocenters. The summed E-state index contributed by atoms with van der Waals surface area (Å²) in [4.78, 5) is 14.9. The minimum atomic E-state index is -1.00. The molecule has 0 radical (unpaired) electrons. The number of benzene rings is 1. The molecule has 2 aliphatic heterocycles.